The van der Waals surface area contributed by atoms with Gasteiger partial charge in [0.1, 0.15) is 0 Å². The minimum absolute atomic E-state index is 0.239. The van der Waals surface area contributed by atoms with Crippen LogP contribution in [-0.2, 0) is 13.0 Å². The molecule has 6 heteroatoms. The molecule has 0 saturated carbocycles. The maximum atomic E-state index is 9.46. The molecule has 6 nitrogen and oxygen atoms in total. The Labute approximate surface area is 149 Å². The lowest BCUT2D eigenvalue weighted by atomic mass is 9.96. The normalized spacial score (nSPS) is 17.7. The van der Waals surface area contributed by atoms with Crippen LogP contribution in [0.3, 0.4) is 0 Å². The van der Waals surface area contributed by atoms with Gasteiger partial charge in [0, 0.05) is 6.54 Å². The Bertz CT molecular complexity index is 621. The quantitative estimate of drug-likeness (QED) is 0.761. The molecule has 0 radical (unpaired) electrons. The van der Waals surface area contributed by atoms with E-state index in [0.717, 1.165) is 26.2 Å². The van der Waals surface area contributed by atoms with Crippen molar-refractivity contribution in [3.8, 4) is 0 Å². The standard InChI is InChI=1S/C19H28N4O2/c1-15(24)14-23-9-7-17(8-10-23)12-20-13-19-22-21-18(25-19)11-16-5-3-2-4-6-16/h2-6,15,17,20,24H,7-14H2,1H3. The number of aromatic nitrogens is 2. The summed E-state index contributed by atoms with van der Waals surface area (Å²) in [5, 5.41) is 21.1. The second-order valence-corrected chi connectivity index (χ2v) is 6.98. The average molecular weight is 344 g/mol. The molecular weight excluding hydrogens is 316 g/mol. The van der Waals surface area contributed by atoms with E-state index < -0.39 is 0 Å². The number of nitrogens with zero attached hydrogens (tertiary/aromatic N) is 3. The van der Waals surface area contributed by atoms with Crippen LogP contribution in [0.4, 0.5) is 0 Å². The highest BCUT2D eigenvalue weighted by molar-refractivity contribution is 5.17. The van der Waals surface area contributed by atoms with Crippen molar-refractivity contribution >= 4 is 0 Å². The van der Waals surface area contributed by atoms with E-state index in [1.54, 1.807) is 0 Å². The van der Waals surface area contributed by atoms with Gasteiger partial charge in [0.2, 0.25) is 11.8 Å². The molecule has 1 aliphatic rings. The molecular formula is C19H28N4O2. The molecule has 1 aliphatic heterocycles. The summed E-state index contributed by atoms with van der Waals surface area (Å²) in [7, 11) is 0. The molecule has 0 aliphatic carbocycles. The summed E-state index contributed by atoms with van der Waals surface area (Å²) in [5.74, 6) is 1.99. The molecule has 0 spiro atoms. The number of likely N-dealkylation sites (tertiary alicyclic amines) is 1. The van der Waals surface area contributed by atoms with Crippen LogP contribution in [0.2, 0.25) is 0 Å². The summed E-state index contributed by atoms with van der Waals surface area (Å²) in [5.41, 5.74) is 1.18. The second kappa shape index (κ2) is 9.08. The van der Waals surface area contributed by atoms with Gasteiger partial charge in [-0.05, 0) is 50.9 Å². The Morgan fingerprint density at radius 1 is 1.20 bits per heavy atom. The monoisotopic (exact) mass is 344 g/mol. The van der Waals surface area contributed by atoms with Gasteiger partial charge < -0.3 is 19.7 Å². The maximum Gasteiger partial charge on any atom is 0.230 e. The predicted molar refractivity (Wildman–Crippen MR) is 96.1 cm³/mol. The number of rotatable bonds is 8. The van der Waals surface area contributed by atoms with Crippen LogP contribution in [0, 0.1) is 5.92 Å². The van der Waals surface area contributed by atoms with E-state index in [4.69, 9.17) is 4.42 Å². The van der Waals surface area contributed by atoms with Crippen molar-refractivity contribution in [3.05, 3.63) is 47.7 Å². The molecule has 0 amide bonds. The summed E-state index contributed by atoms with van der Waals surface area (Å²) in [6, 6.07) is 10.2. The number of aliphatic hydroxyl groups excluding tert-OH is 1. The first-order chi connectivity index (χ1) is 12.2. The molecule has 1 saturated heterocycles. The molecule has 3 rings (SSSR count). The van der Waals surface area contributed by atoms with E-state index in [-0.39, 0.29) is 6.10 Å². The van der Waals surface area contributed by atoms with E-state index in [0.29, 0.717) is 30.7 Å². The number of nitrogens with one attached hydrogen (secondary N) is 1. The van der Waals surface area contributed by atoms with E-state index in [1.807, 2.05) is 25.1 Å². The highest BCUT2D eigenvalue weighted by Gasteiger charge is 2.19. The zero-order chi connectivity index (χ0) is 17.5. The lowest BCUT2D eigenvalue weighted by Gasteiger charge is -2.32. The van der Waals surface area contributed by atoms with Gasteiger partial charge in [-0.1, -0.05) is 30.3 Å². The fourth-order valence-corrected chi connectivity index (χ4v) is 3.33. The lowest BCUT2D eigenvalue weighted by molar-refractivity contribution is 0.0997. The van der Waals surface area contributed by atoms with Gasteiger partial charge >= 0.3 is 0 Å². The van der Waals surface area contributed by atoms with Crippen LogP contribution in [0.25, 0.3) is 0 Å². The van der Waals surface area contributed by atoms with Gasteiger partial charge in [-0.25, -0.2) is 0 Å². The predicted octanol–water partition coefficient (Wildman–Crippen LogP) is 1.84. The number of piperidine rings is 1. The van der Waals surface area contributed by atoms with Gasteiger partial charge in [-0.15, -0.1) is 10.2 Å². The van der Waals surface area contributed by atoms with Gasteiger partial charge in [-0.3, -0.25) is 0 Å². The molecule has 1 unspecified atom stereocenters. The van der Waals surface area contributed by atoms with Gasteiger partial charge in [-0.2, -0.15) is 0 Å². The van der Waals surface area contributed by atoms with Gasteiger partial charge in [0.25, 0.3) is 0 Å². The van der Waals surface area contributed by atoms with Crippen LogP contribution < -0.4 is 5.32 Å². The van der Waals surface area contributed by atoms with Crippen LogP contribution >= 0.6 is 0 Å². The van der Waals surface area contributed by atoms with Gasteiger partial charge in [0.05, 0.1) is 19.1 Å². The minimum Gasteiger partial charge on any atom is -0.424 e. The van der Waals surface area contributed by atoms with Crippen LogP contribution in [-0.4, -0.2) is 52.5 Å². The summed E-state index contributed by atoms with van der Waals surface area (Å²) >= 11 is 0. The van der Waals surface area contributed by atoms with Crippen molar-refractivity contribution in [2.45, 2.75) is 38.8 Å². The maximum absolute atomic E-state index is 9.46. The first-order valence-corrected chi connectivity index (χ1v) is 9.15. The molecule has 1 atom stereocenters. The largest absolute Gasteiger partial charge is 0.424 e. The summed E-state index contributed by atoms with van der Waals surface area (Å²) in [6.07, 6.45) is 2.78. The highest BCUT2D eigenvalue weighted by atomic mass is 16.4. The molecule has 1 aromatic heterocycles. The Morgan fingerprint density at radius 3 is 2.64 bits per heavy atom. The number of hydrogen-bond donors (Lipinski definition) is 2. The summed E-state index contributed by atoms with van der Waals surface area (Å²) < 4.78 is 5.72. The Balaban J connectivity index is 1.36. The molecule has 1 fully saturated rings. The topological polar surface area (TPSA) is 74.4 Å². The highest BCUT2D eigenvalue weighted by Crippen LogP contribution is 2.16. The summed E-state index contributed by atoms with van der Waals surface area (Å²) in [4.78, 5) is 2.34. The van der Waals surface area contributed by atoms with E-state index in [9.17, 15) is 5.11 Å². The lowest BCUT2D eigenvalue weighted by Crippen LogP contribution is -2.40. The van der Waals surface area contributed by atoms with Crippen molar-refractivity contribution in [2.75, 3.05) is 26.2 Å². The van der Waals surface area contributed by atoms with Crippen molar-refractivity contribution in [1.29, 1.82) is 0 Å². The number of β-amino-alcohol motifs (C(OH)–C–C–N with tert-alkyl or cyclic N) is 1. The average Bonchev–Trinajstić information content (AvgIpc) is 3.04. The molecule has 1 aromatic carbocycles. The molecule has 0 bridgehead atoms. The fraction of sp³-hybridized carbons (Fsp3) is 0.579. The van der Waals surface area contributed by atoms with Crippen LogP contribution in [0.1, 0.15) is 37.1 Å². The molecule has 2 aromatic rings. The Hall–Kier alpha value is -1.76. The Kier molecular flexibility index (Phi) is 6.55. The third-order valence-electron chi connectivity index (χ3n) is 4.65. The van der Waals surface area contributed by atoms with Crippen molar-refractivity contribution in [3.63, 3.8) is 0 Å². The third kappa shape index (κ3) is 5.92. The first kappa shape index (κ1) is 18.0. The zero-order valence-corrected chi connectivity index (χ0v) is 14.9. The van der Waals surface area contributed by atoms with Crippen molar-refractivity contribution in [2.24, 2.45) is 5.92 Å². The first-order valence-electron chi connectivity index (χ1n) is 9.15. The van der Waals surface area contributed by atoms with E-state index >= 15 is 0 Å². The fourth-order valence-electron chi connectivity index (χ4n) is 3.33. The molecule has 25 heavy (non-hydrogen) atoms. The number of benzene rings is 1. The van der Waals surface area contributed by atoms with E-state index in [1.165, 1.54) is 18.4 Å². The van der Waals surface area contributed by atoms with Crippen molar-refractivity contribution < 1.29 is 9.52 Å². The van der Waals surface area contributed by atoms with Crippen LogP contribution in [0.5, 0.6) is 0 Å². The SMILES string of the molecule is CC(O)CN1CCC(CNCc2nnc(Cc3ccccc3)o2)CC1. The van der Waals surface area contributed by atoms with Gasteiger partial charge in [0.15, 0.2) is 0 Å². The molecule has 136 valence electrons. The smallest absolute Gasteiger partial charge is 0.230 e. The third-order valence-corrected chi connectivity index (χ3v) is 4.65. The number of hydrogen-bond acceptors (Lipinski definition) is 6. The van der Waals surface area contributed by atoms with E-state index in [2.05, 4.69) is 32.5 Å². The zero-order valence-electron chi connectivity index (χ0n) is 14.9. The van der Waals surface area contributed by atoms with Crippen LogP contribution in [0.15, 0.2) is 34.7 Å². The second-order valence-electron chi connectivity index (χ2n) is 6.98. The summed E-state index contributed by atoms with van der Waals surface area (Å²) in [6.45, 7) is 6.36. The van der Waals surface area contributed by atoms with Crippen molar-refractivity contribution in [1.82, 2.24) is 20.4 Å². The minimum atomic E-state index is -0.239. The Morgan fingerprint density at radius 2 is 1.92 bits per heavy atom. The number of aliphatic hydroxyl groups is 1. The molecule has 2 N–H and O–H groups in total. The molecule has 2 heterocycles.